The van der Waals surface area contributed by atoms with E-state index in [2.05, 4.69) is 10.2 Å². The van der Waals surface area contributed by atoms with Gasteiger partial charge in [0.05, 0.1) is 6.04 Å². The molecule has 2 fully saturated rings. The number of hydrogen-bond donors (Lipinski definition) is 2. The average molecular weight is 290 g/mol. The molecule has 1 aliphatic carbocycles. The molecule has 0 bridgehead atoms. The molecule has 3 N–H and O–H groups in total. The lowest BCUT2D eigenvalue weighted by molar-refractivity contribution is -0.127. The van der Waals surface area contributed by atoms with Gasteiger partial charge in [-0.25, -0.2) is 0 Å². The van der Waals surface area contributed by atoms with E-state index in [4.69, 9.17) is 5.73 Å². The molecule has 19 heavy (non-hydrogen) atoms. The second-order valence-electron chi connectivity index (χ2n) is 5.88. The van der Waals surface area contributed by atoms with E-state index in [0.29, 0.717) is 12.0 Å². The zero-order valence-electron chi connectivity index (χ0n) is 11.9. The van der Waals surface area contributed by atoms with Crippen molar-refractivity contribution in [1.82, 2.24) is 10.2 Å². The molecule has 1 aliphatic heterocycles. The topological polar surface area (TPSA) is 58.4 Å². The molecule has 5 heteroatoms. The van der Waals surface area contributed by atoms with Crippen LogP contribution in [-0.2, 0) is 4.79 Å². The van der Waals surface area contributed by atoms with Crippen LogP contribution in [0.4, 0.5) is 0 Å². The SMILES string of the molecule is CC(C(=O)NC1CCCC1)N1CCC(CN)CC1.Cl. The number of hydrogen-bond acceptors (Lipinski definition) is 3. The summed E-state index contributed by atoms with van der Waals surface area (Å²) in [7, 11) is 0. The predicted octanol–water partition coefficient (Wildman–Crippen LogP) is 1.53. The van der Waals surface area contributed by atoms with Gasteiger partial charge in [-0.15, -0.1) is 12.4 Å². The van der Waals surface area contributed by atoms with Crippen molar-refractivity contribution in [2.24, 2.45) is 11.7 Å². The first-order valence-electron chi connectivity index (χ1n) is 7.45. The molecule has 112 valence electrons. The fraction of sp³-hybridized carbons (Fsp3) is 0.929. The Morgan fingerprint density at radius 3 is 2.37 bits per heavy atom. The monoisotopic (exact) mass is 289 g/mol. The Labute approximate surface area is 122 Å². The van der Waals surface area contributed by atoms with E-state index in [1.807, 2.05) is 6.92 Å². The van der Waals surface area contributed by atoms with Crippen LogP contribution >= 0.6 is 12.4 Å². The molecule has 1 amide bonds. The largest absolute Gasteiger partial charge is 0.352 e. The number of halogens is 1. The van der Waals surface area contributed by atoms with Gasteiger partial charge in [-0.3, -0.25) is 9.69 Å². The van der Waals surface area contributed by atoms with Crippen molar-refractivity contribution in [3.8, 4) is 0 Å². The molecule has 1 unspecified atom stereocenters. The molecule has 1 heterocycles. The zero-order valence-corrected chi connectivity index (χ0v) is 12.8. The third-order valence-corrected chi connectivity index (χ3v) is 4.61. The van der Waals surface area contributed by atoms with Crippen molar-refractivity contribution in [1.29, 1.82) is 0 Å². The van der Waals surface area contributed by atoms with Gasteiger partial charge in [-0.1, -0.05) is 12.8 Å². The fourth-order valence-electron chi connectivity index (χ4n) is 3.13. The Kier molecular flexibility index (Phi) is 7.11. The quantitative estimate of drug-likeness (QED) is 0.825. The third-order valence-electron chi connectivity index (χ3n) is 4.61. The molecule has 0 spiro atoms. The molecule has 0 radical (unpaired) electrons. The van der Waals surface area contributed by atoms with E-state index < -0.39 is 0 Å². The molecule has 0 aromatic carbocycles. The summed E-state index contributed by atoms with van der Waals surface area (Å²) in [5.74, 6) is 0.874. The van der Waals surface area contributed by atoms with Crippen LogP contribution in [0.2, 0.25) is 0 Å². The Bertz CT molecular complexity index is 274. The van der Waals surface area contributed by atoms with Crippen LogP contribution in [0.5, 0.6) is 0 Å². The molecule has 2 rings (SSSR count). The van der Waals surface area contributed by atoms with Crippen LogP contribution in [0.25, 0.3) is 0 Å². The van der Waals surface area contributed by atoms with Crippen LogP contribution in [-0.4, -0.2) is 42.5 Å². The van der Waals surface area contributed by atoms with Crippen LogP contribution < -0.4 is 11.1 Å². The van der Waals surface area contributed by atoms with E-state index >= 15 is 0 Å². The van der Waals surface area contributed by atoms with Gasteiger partial charge in [0.25, 0.3) is 0 Å². The summed E-state index contributed by atoms with van der Waals surface area (Å²) in [6.07, 6.45) is 7.12. The molecule has 1 saturated carbocycles. The predicted molar refractivity (Wildman–Crippen MR) is 80.5 cm³/mol. The second-order valence-corrected chi connectivity index (χ2v) is 5.88. The third kappa shape index (κ3) is 4.62. The maximum absolute atomic E-state index is 12.2. The summed E-state index contributed by atoms with van der Waals surface area (Å²) in [5.41, 5.74) is 5.70. The molecule has 1 saturated heterocycles. The normalized spacial score (nSPS) is 23.9. The Balaban J connectivity index is 0.00000180. The molecule has 2 aliphatic rings. The highest BCUT2D eigenvalue weighted by molar-refractivity contribution is 5.85. The number of nitrogens with two attached hydrogens (primary N) is 1. The maximum Gasteiger partial charge on any atom is 0.237 e. The molecule has 1 atom stereocenters. The summed E-state index contributed by atoms with van der Waals surface area (Å²) in [4.78, 5) is 14.5. The molecular weight excluding hydrogens is 262 g/mol. The van der Waals surface area contributed by atoms with Crippen LogP contribution in [0.15, 0.2) is 0 Å². The number of carbonyl (C=O) groups is 1. The van der Waals surface area contributed by atoms with Gasteiger partial charge in [-0.05, 0) is 58.2 Å². The van der Waals surface area contributed by atoms with E-state index in [-0.39, 0.29) is 24.4 Å². The summed E-state index contributed by atoms with van der Waals surface area (Å²) >= 11 is 0. The van der Waals surface area contributed by atoms with Gasteiger partial charge in [0.2, 0.25) is 5.91 Å². The lowest BCUT2D eigenvalue weighted by atomic mass is 9.96. The van der Waals surface area contributed by atoms with E-state index in [1.165, 1.54) is 12.8 Å². The van der Waals surface area contributed by atoms with Gasteiger partial charge in [-0.2, -0.15) is 0 Å². The number of rotatable bonds is 4. The minimum atomic E-state index is 0. The highest BCUT2D eigenvalue weighted by Crippen LogP contribution is 2.20. The second kappa shape index (κ2) is 8.08. The molecule has 4 nitrogen and oxygen atoms in total. The number of likely N-dealkylation sites (tertiary alicyclic amines) is 1. The average Bonchev–Trinajstić information content (AvgIpc) is 2.91. The van der Waals surface area contributed by atoms with Crippen molar-refractivity contribution in [3.63, 3.8) is 0 Å². The van der Waals surface area contributed by atoms with Gasteiger partial charge >= 0.3 is 0 Å². The lowest BCUT2D eigenvalue weighted by Crippen LogP contribution is -2.50. The van der Waals surface area contributed by atoms with Gasteiger partial charge in [0, 0.05) is 6.04 Å². The Morgan fingerprint density at radius 1 is 1.26 bits per heavy atom. The van der Waals surface area contributed by atoms with Crippen molar-refractivity contribution < 1.29 is 4.79 Å². The van der Waals surface area contributed by atoms with Crippen LogP contribution in [0, 0.1) is 5.92 Å². The number of piperidine rings is 1. The van der Waals surface area contributed by atoms with Gasteiger partial charge < -0.3 is 11.1 Å². The minimum Gasteiger partial charge on any atom is -0.352 e. The fourth-order valence-corrected chi connectivity index (χ4v) is 3.13. The van der Waals surface area contributed by atoms with Gasteiger partial charge in [0.1, 0.15) is 0 Å². The standard InChI is InChI=1S/C14H27N3O.ClH/c1-11(14(18)16-13-4-2-3-5-13)17-8-6-12(10-15)7-9-17;/h11-13H,2-10,15H2,1H3,(H,16,18);1H. The number of nitrogens with one attached hydrogen (secondary N) is 1. The van der Waals surface area contributed by atoms with E-state index in [9.17, 15) is 4.79 Å². The van der Waals surface area contributed by atoms with Crippen molar-refractivity contribution in [3.05, 3.63) is 0 Å². The summed E-state index contributed by atoms with van der Waals surface area (Å²) < 4.78 is 0. The first kappa shape index (κ1) is 16.7. The number of nitrogens with zero attached hydrogens (tertiary/aromatic N) is 1. The first-order chi connectivity index (χ1) is 8.70. The molecule has 0 aromatic heterocycles. The summed E-state index contributed by atoms with van der Waals surface area (Å²) in [5, 5.41) is 3.20. The number of carbonyl (C=O) groups excluding carboxylic acids is 1. The van der Waals surface area contributed by atoms with Crippen molar-refractivity contribution in [2.45, 2.75) is 57.5 Å². The van der Waals surface area contributed by atoms with E-state index in [1.54, 1.807) is 0 Å². The molecule has 0 aromatic rings. The van der Waals surface area contributed by atoms with Crippen molar-refractivity contribution in [2.75, 3.05) is 19.6 Å². The summed E-state index contributed by atoms with van der Waals surface area (Å²) in [6, 6.07) is 0.450. The van der Waals surface area contributed by atoms with Crippen LogP contribution in [0.1, 0.15) is 45.4 Å². The highest BCUT2D eigenvalue weighted by Gasteiger charge is 2.27. The summed E-state index contributed by atoms with van der Waals surface area (Å²) in [6.45, 7) is 4.85. The maximum atomic E-state index is 12.2. The highest BCUT2D eigenvalue weighted by atomic mass is 35.5. The lowest BCUT2D eigenvalue weighted by Gasteiger charge is -2.35. The Morgan fingerprint density at radius 2 is 1.84 bits per heavy atom. The molecular formula is C14H28ClN3O. The first-order valence-corrected chi connectivity index (χ1v) is 7.45. The number of amides is 1. The van der Waals surface area contributed by atoms with E-state index in [0.717, 1.165) is 45.3 Å². The smallest absolute Gasteiger partial charge is 0.237 e. The van der Waals surface area contributed by atoms with Crippen molar-refractivity contribution >= 4 is 18.3 Å². The Hall–Kier alpha value is -0.320. The van der Waals surface area contributed by atoms with Crippen LogP contribution in [0.3, 0.4) is 0 Å². The zero-order chi connectivity index (χ0) is 13.0. The minimum absolute atomic E-state index is 0. The van der Waals surface area contributed by atoms with Gasteiger partial charge in [0.15, 0.2) is 0 Å².